The Morgan fingerprint density at radius 3 is 3.15 bits per heavy atom. The molecule has 1 aliphatic rings. The zero-order valence-corrected chi connectivity index (χ0v) is 11.6. The Bertz CT molecular complexity index is 504. The van der Waals surface area contributed by atoms with Gasteiger partial charge in [0, 0.05) is 31.3 Å². The lowest BCUT2D eigenvalue weighted by atomic mass is 10.2. The summed E-state index contributed by atoms with van der Waals surface area (Å²) in [5.41, 5.74) is 1.21. The smallest absolute Gasteiger partial charge is 0.225 e. The van der Waals surface area contributed by atoms with Crippen LogP contribution in [0.5, 0.6) is 0 Å². The molecule has 1 aliphatic heterocycles. The number of nitrogens with zero attached hydrogens (tertiary/aromatic N) is 2. The molecule has 1 aromatic carbocycles. The Kier molecular flexibility index (Phi) is 5.10. The molecule has 5 nitrogen and oxygen atoms in total. The van der Waals surface area contributed by atoms with Crippen LogP contribution in [0.25, 0.3) is 0 Å². The fourth-order valence-corrected chi connectivity index (χ4v) is 2.22. The van der Waals surface area contributed by atoms with Crippen molar-refractivity contribution in [3.63, 3.8) is 0 Å². The number of likely N-dealkylation sites (N-methyl/N-ethyl adjacent to an activating group) is 1. The molecular weight excluding hydrogens is 254 g/mol. The van der Waals surface area contributed by atoms with Crippen molar-refractivity contribution in [2.45, 2.75) is 18.9 Å². The molecule has 1 N–H and O–H groups in total. The van der Waals surface area contributed by atoms with E-state index in [1.165, 1.54) is 0 Å². The number of carbonyl (C=O) groups is 1. The van der Waals surface area contributed by atoms with Crippen LogP contribution in [-0.2, 0) is 9.53 Å². The number of rotatable bonds is 5. The molecule has 0 saturated carbocycles. The van der Waals surface area contributed by atoms with Crippen molar-refractivity contribution in [1.29, 1.82) is 5.26 Å². The Labute approximate surface area is 119 Å². The number of hydrogen-bond donors (Lipinski definition) is 1. The molecule has 0 bridgehead atoms. The van der Waals surface area contributed by atoms with Gasteiger partial charge in [-0.3, -0.25) is 4.79 Å². The van der Waals surface area contributed by atoms with Gasteiger partial charge in [-0.1, -0.05) is 6.07 Å². The predicted octanol–water partition coefficient (Wildman–Crippen LogP) is 1.61. The van der Waals surface area contributed by atoms with E-state index in [0.717, 1.165) is 19.6 Å². The molecule has 1 heterocycles. The summed E-state index contributed by atoms with van der Waals surface area (Å²) in [5.74, 6) is -0.0362. The first kappa shape index (κ1) is 14.5. The third-order valence-corrected chi connectivity index (χ3v) is 3.50. The summed E-state index contributed by atoms with van der Waals surface area (Å²) in [5, 5.41) is 11.6. The first-order valence-electron chi connectivity index (χ1n) is 6.77. The van der Waals surface area contributed by atoms with Crippen LogP contribution in [0, 0.1) is 11.3 Å². The van der Waals surface area contributed by atoms with E-state index in [1.807, 2.05) is 7.05 Å². The number of amides is 1. The van der Waals surface area contributed by atoms with Gasteiger partial charge in [-0.25, -0.2) is 0 Å². The van der Waals surface area contributed by atoms with Crippen LogP contribution in [0.4, 0.5) is 5.69 Å². The summed E-state index contributed by atoms with van der Waals surface area (Å²) < 4.78 is 5.33. The van der Waals surface area contributed by atoms with Gasteiger partial charge in [0.05, 0.1) is 18.2 Å². The minimum atomic E-state index is -0.0362. The molecule has 2 rings (SSSR count). The molecular formula is C15H19N3O2. The standard InChI is InChI=1S/C15H19N3O2/c1-18(14-6-8-20-11-14)7-5-15(19)17-13-4-2-3-12(9-13)10-16/h2-4,9,14H,5-8,11H2,1H3,(H,17,19). The molecule has 1 amide bonds. The highest BCUT2D eigenvalue weighted by atomic mass is 16.5. The van der Waals surface area contributed by atoms with Crippen LogP contribution in [0.15, 0.2) is 24.3 Å². The second-order valence-corrected chi connectivity index (χ2v) is 4.99. The number of carbonyl (C=O) groups excluding carboxylic acids is 1. The highest BCUT2D eigenvalue weighted by molar-refractivity contribution is 5.90. The number of anilines is 1. The molecule has 0 radical (unpaired) electrons. The second kappa shape index (κ2) is 7.04. The molecule has 106 valence electrons. The maximum Gasteiger partial charge on any atom is 0.225 e. The van der Waals surface area contributed by atoms with Crippen LogP contribution in [0.2, 0.25) is 0 Å². The zero-order chi connectivity index (χ0) is 14.4. The Morgan fingerprint density at radius 2 is 2.45 bits per heavy atom. The molecule has 5 heteroatoms. The highest BCUT2D eigenvalue weighted by Crippen LogP contribution is 2.12. The molecule has 20 heavy (non-hydrogen) atoms. The largest absolute Gasteiger partial charge is 0.380 e. The van der Waals surface area contributed by atoms with E-state index in [4.69, 9.17) is 10.00 Å². The average molecular weight is 273 g/mol. The molecule has 0 aromatic heterocycles. The minimum absolute atomic E-state index is 0.0362. The van der Waals surface area contributed by atoms with E-state index in [2.05, 4.69) is 16.3 Å². The monoisotopic (exact) mass is 273 g/mol. The predicted molar refractivity (Wildman–Crippen MR) is 76.3 cm³/mol. The van der Waals surface area contributed by atoms with Crippen LogP contribution in [-0.4, -0.2) is 43.7 Å². The van der Waals surface area contributed by atoms with Gasteiger partial charge >= 0.3 is 0 Å². The van der Waals surface area contributed by atoms with E-state index >= 15 is 0 Å². The molecule has 1 unspecified atom stereocenters. The molecule has 1 aromatic rings. The van der Waals surface area contributed by atoms with E-state index in [-0.39, 0.29) is 5.91 Å². The van der Waals surface area contributed by atoms with E-state index in [0.29, 0.717) is 30.3 Å². The van der Waals surface area contributed by atoms with Gasteiger partial charge < -0.3 is 15.0 Å². The first-order valence-corrected chi connectivity index (χ1v) is 6.77. The summed E-state index contributed by atoms with van der Waals surface area (Å²) in [6.45, 7) is 2.27. The van der Waals surface area contributed by atoms with Gasteiger partial charge in [0.1, 0.15) is 0 Å². The maximum absolute atomic E-state index is 11.9. The van der Waals surface area contributed by atoms with Crippen molar-refractivity contribution in [2.24, 2.45) is 0 Å². The van der Waals surface area contributed by atoms with Crippen molar-refractivity contribution in [2.75, 3.05) is 32.1 Å². The average Bonchev–Trinajstić information content (AvgIpc) is 2.99. The summed E-state index contributed by atoms with van der Waals surface area (Å²) in [6, 6.07) is 9.41. The van der Waals surface area contributed by atoms with Gasteiger partial charge in [0.25, 0.3) is 0 Å². The van der Waals surface area contributed by atoms with Gasteiger partial charge in [-0.2, -0.15) is 5.26 Å². The summed E-state index contributed by atoms with van der Waals surface area (Å²) in [4.78, 5) is 14.0. The van der Waals surface area contributed by atoms with Crippen LogP contribution in [0.1, 0.15) is 18.4 Å². The lowest BCUT2D eigenvalue weighted by Crippen LogP contribution is -2.34. The second-order valence-electron chi connectivity index (χ2n) is 4.99. The van der Waals surface area contributed by atoms with Crippen molar-refractivity contribution in [3.05, 3.63) is 29.8 Å². The van der Waals surface area contributed by atoms with Gasteiger partial charge in [-0.05, 0) is 31.7 Å². The van der Waals surface area contributed by atoms with Crippen LogP contribution >= 0.6 is 0 Å². The third-order valence-electron chi connectivity index (χ3n) is 3.50. The van der Waals surface area contributed by atoms with E-state index in [1.54, 1.807) is 24.3 Å². The van der Waals surface area contributed by atoms with Gasteiger partial charge in [-0.15, -0.1) is 0 Å². The number of nitriles is 1. The summed E-state index contributed by atoms with van der Waals surface area (Å²) in [6.07, 6.45) is 1.46. The fraction of sp³-hybridized carbons (Fsp3) is 0.467. The van der Waals surface area contributed by atoms with Gasteiger partial charge in [0.15, 0.2) is 0 Å². The quantitative estimate of drug-likeness (QED) is 0.885. The number of benzene rings is 1. The topological polar surface area (TPSA) is 65.4 Å². The highest BCUT2D eigenvalue weighted by Gasteiger charge is 2.20. The van der Waals surface area contributed by atoms with Gasteiger partial charge in [0.2, 0.25) is 5.91 Å². The lowest BCUT2D eigenvalue weighted by molar-refractivity contribution is -0.116. The molecule has 1 fully saturated rings. The van der Waals surface area contributed by atoms with E-state index < -0.39 is 0 Å². The van der Waals surface area contributed by atoms with Crippen LogP contribution < -0.4 is 5.32 Å². The number of ether oxygens (including phenoxy) is 1. The molecule has 0 aliphatic carbocycles. The molecule has 0 spiro atoms. The fourth-order valence-electron chi connectivity index (χ4n) is 2.22. The number of nitrogens with one attached hydrogen (secondary N) is 1. The Balaban J connectivity index is 1.78. The van der Waals surface area contributed by atoms with Crippen molar-refractivity contribution < 1.29 is 9.53 Å². The SMILES string of the molecule is CN(CCC(=O)Nc1cccc(C#N)c1)C1CCOC1. The van der Waals surface area contributed by atoms with E-state index in [9.17, 15) is 4.79 Å². The zero-order valence-electron chi connectivity index (χ0n) is 11.6. The van der Waals surface area contributed by atoms with Crippen molar-refractivity contribution in [3.8, 4) is 6.07 Å². The minimum Gasteiger partial charge on any atom is -0.380 e. The Morgan fingerprint density at radius 1 is 1.60 bits per heavy atom. The maximum atomic E-state index is 11.9. The normalized spacial score (nSPS) is 17.9. The molecule has 1 saturated heterocycles. The first-order chi connectivity index (χ1) is 9.69. The lowest BCUT2D eigenvalue weighted by Gasteiger charge is -2.22. The molecule has 1 atom stereocenters. The third kappa shape index (κ3) is 4.05. The number of hydrogen-bond acceptors (Lipinski definition) is 4. The van der Waals surface area contributed by atoms with Crippen molar-refractivity contribution >= 4 is 11.6 Å². The Hall–Kier alpha value is -1.90. The van der Waals surface area contributed by atoms with Crippen LogP contribution in [0.3, 0.4) is 0 Å². The summed E-state index contributed by atoms with van der Waals surface area (Å²) in [7, 11) is 2.02. The summed E-state index contributed by atoms with van der Waals surface area (Å²) >= 11 is 0. The van der Waals surface area contributed by atoms with Crippen molar-refractivity contribution in [1.82, 2.24) is 4.90 Å².